The van der Waals surface area contributed by atoms with Crippen LogP contribution < -0.4 is 0 Å². The molecule has 0 radical (unpaired) electrons. The van der Waals surface area contributed by atoms with Crippen LogP contribution in [0.2, 0.25) is 0 Å². The smallest absolute Gasteiger partial charge is 0.148 e. The molecule has 0 aliphatic heterocycles. The molecule has 0 bridgehead atoms. The van der Waals surface area contributed by atoms with E-state index in [9.17, 15) is 0 Å². The molecular weight excluding hydrogens is 228 g/mol. The molecule has 0 N–H and O–H groups in total. The van der Waals surface area contributed by atoms with Crippen molar-refractivity contribution < 1.29 is 14.2 Å². The first-order chi connectivity index (χ1) is 8.73. The zero-order chi connectivity index (χ0) is 13.3. The maximum atomic E-state index is 5.85. The van der Waals surface area contributed by atoms with Crippen molar-refractivity contribution in [3.63, 3.8) is 0 Å². The highest BCUT2D eigenvalue weighted by Crippen LogP contribution is 2.29. The van der Waals surface area contributed by atoms with Gasteiger partial charge in [0, 0.05) is 7.11 Å². The molecule has 1 unspecified atom stereocenters. The van der Waals surface area contributed by atoms with Gasteiger partial charge in [0.2, 0.25) is 0 Å². The highest BCUT2D eigenvalue weighted by molar-refractivity contribution is 5.22. The minimum Gasteiger partial charge on any atom is -0.382 e. The van der Waals surface area contributed by atoms with Gasteiger partial charge >= 0.3 is 0 Å². The van der Waals surface area contributed by atoms with Gasteiger partial charge in [0.25, 0.3) is 0 Å². The van der Waals surface area contributed by atoms with Crippen LogP contribution in [-0.2, 0) is 19.8 Å². The molecule has 0 saturated carbocycles. The van der Waals surface area contributed by atoms with Crippen molar-refractivity contribution in [3.05, 3.63) is 48.6 Å². The molecule has 1 aromatic rings. The van der Waals surface area contributed by atoms with E-state index in [2.05, 4.69) is 18.7 Å². The van der Waals surface area contributed by atoms with Crippen LogP contribution in [0, 0.1) is 0 Å². The van der Waals surface area contributed by atoms with E-state index < -0.39 is 5.60 Å². The van der Waals surface area contributed by atoms with Crippen LogP contribution >= 0.6 is 0 Å². The predicted molar refractivity (Wildman–Crippen MR) is 72.4 cm³/mol. The van der Waals surface area contributed by atoms with E-state index in [1.54, 1.807) is 7.11 Å². The van der Waals surface area contributed by atoms with Crippen LogP contribution in [0.15, 0.2) is 43.0 Å². The molecular formula is C15H22O3. The third-order valence-corrected chi connectivity index (χ3v) is 2.81. The summed E-state index contributed by atoms with van der Waals surface area (Å²) in [6.07, 6.45) is 2.60. The fourth-order valence-electron chi connectivity index (χ4n) is 1.70. The molecule has 100 valence electrons. The number of ether oxygens (including phenoxy) is 3. The van der Waals surface area contributed by atoms with E-state index in [1.165, 1.54) is 0 Å². The number of hydrogen-bond donors (Lipinski definition) is 0. The van der Waals surface area contributed by atoms with Crippen LogP contribution in [0.3, 0.4) is 0 Å². The molecule has 0 aromatic heterocycles. The maximum Gasteiger partial charge on any atom is 0.148 e. The Morgan fingerprint density at radius 1 is 1.22 bits per heavy atom. The maximum absolute atomic E-state index is 5.85. The first-order valence-corrected chi connectivity index (χ1v) is 6.10. The summed E-state index contributed by atoms with van der Waals surface area (Å²) < 4.78 is 16.1. The molecule has 0 saturated heterocycles. The van der Waals surface area contributed by atoms with Crippen molar-refractivity contribution in [3.8, 4) is 0 Å². The summed E-state index contributed by atoms with van der Waals surface area (Å²) in [7, 11) is 1.65. The molecule has 18 heavy (non-hydrogen) atoms. The van der Waals surface area contributed by atoms with Crippen molar-refractivity contribution in [1.29, 1.82) is 0 Å². The molecule has 0 aliphatic carbocycles. The molecule has 0 spiro atoms. The molecule has 0 heterocycles. The van der Waals surface area contributed by atoms with Gasteiger partial charge in [-0.1, -0.05) is 36.4 Å². The topological polar surface area (TPSA) is 27.7 Å². The Kier molecular flexibility index (Phi) is 6.65. The molecule has 0 amide bonds. The Balaban J connectivity index is 2.55. The summed E-state index contributed by atoms with van der Waals surface area (Å²) in [4.78, 5) is 0. The second-order valence-electron chi connectivity index (χ2n) is 4.25. The summed E-state index contributed by atoms with van der Waals surface area (Å²) in [5, 5.41) is 0. The van der Waals surface area contributed by atoms with Gasteiger partial charge in [0.1, 0.15) is 6.79 Å². The fraction of sp³-hybridized carbons (Fsp3) is 0.467. The van der Waals surface area contributed by atoms with Gasteiger partial charge in [-0.05, 0) is 18.9 Å². The molecule has 1 rings (SSSR count). The van der Waals surface area contributed by atoms with Crippen molar-refractivity contribution in [1.82, 2.24) is 0 Å². The van der Waals surface area contributed by atoms with E-state index in [-0.39, 0.29) is 6.79 Å². The molecule has 3 heteroatoms. The Hall–Kier alpha value is -1.16. The minimum atomic E-state index is -0.393. The van der Waals surface area contributed by atoms with Gasteiger partial charge in [-0.3, -0.25) is 0 Å². The summed E-state index contributed by atoms with van der Waals surface area (Å²) >= 11 is 0. The summed E-state index contributed by atoms with van der Waals surface area (Å²) in [5.41, 5.74) is 0.732. The highest BCUT2D eigenvalue weighted by Gasteiger charge is 2.25. The van der Waals surface area contributed by atoms with Crippen molar-refractivity contribution in [2.45, 2.75) is 18.9 Å². The zero-order valence-electron chi connectivity index (χ0n) is 11.2. The summed E-state index contributed by atoms with van der Waals surface area (Å²) in [6.45, 7) is 7.20. The average Bonchev–Trinajstić information content (AvgIpc) is 2.40. The van der Waals surface area contributed by atoms with Crippen LogP contribution in [0.1, 0.15) is 18.9 Å². The van der Waals surface area contributed by atoms with E-state index in [0.717, 1.165) is 12.0 Å². The van der Waals surface area contributed by atoms with Crippen LogP contribution in [0.4, 0.5) is 0 Å². The average molecular weight is 250 g/mol. The normalized spacial score (nSPS) is 14.1. The van der Waals surface area contributed by atoms with Gasteiger partial charge in [-0.2, -0.15) is 0 Å². The second-order valence-corrected chi connectivity index (χ2v) is 4.25. The van der Waals surface area contributed by atoms with Gasteiger partial charge in [-0.25, -0.2) is 0 Å². The monoisotopic (exact) mass is 250 g/mol. The quantitative estimate of drug-likeness (QED) is 0.383. The zero-order valence-corrected chi connectivity index (χ0v) is 11.2. The Morgan fingerprint density at radius 3 is 2.56 bits per heavy atom. The number of methoxy groups -OCH3 is 1. The van der Waals surface area contributed by atoms with Crippen molar-refractivity contribution >= 4 is 0 Å². The van der Waals surface area contributed by atoms with E-state index in [4.69, 9.17) is 14.2 Å². The Morgan fingerprint density at radius 2 is 1.94 bits per heavy atom. The van der Waals surface area contributed by atoms with Crippen molar-refractivity contribution in [2.24, 2.45) is 0 Å². The largest absolute Gasteiger partial charge is 0.382 e. The lowest BCUT2D eigenvalue weighted by molar-refractivity contribution is -0.142. The third kappa shape index (κ3) is 4.61. The number of hydrogen-bond acceptors (Lipinski definition) is 3. The van der Waals surface area contributed by atoms with E-state index in [1.807, 2.05) is 31.2 Å². The molecule has 3 nitrogen and oxygen atoms in total. The SMILES string of the molecule is C=CCC(C)(OCOCCOC)c1ccccc1. The van der Waals surface area contributed by atoms with Gasteiger partial charge < -0.3 is 14.2 Å². The van der Waals surface area contributed by atoms with Crippen LogP contribution in [0.5, 0.6) is 0 Å². The Bertz CT molecular complexity index is 337. The molecule has 1 atom stereocenters. The van der Waals surface area contributed by atoms with Gasteiger partial charge in [0.05, 0.1) is 18.8 Å². The highest BCUT2D eigenvalue weighted by atomic mass is 16.7. The van der Waals surface area contributed by atoms with Crippen LogP contribution in [0.25, 0.3) is 0 Å². The summed E-state index contributed by atoms with van der Waals surface area (Å²) in [6, 6.07) is 10.1. The standard InChI is InChI=1S/C15H22O3/c1-4-10-15(2,14-8-6-5-7-9-14)18-13-17-12-11-16-3/h4-9H,1,10-13H2,2-3H3. The van der Waals surface area contributed by atoms with E-state index in [0.29, 0.717) is 13.2 Å². The van der Waals surface area contributed by atoms with Gasteiger partial charge in [0.15, 0.2) is 0 Å². The fourth-order valence-corrected chi connectivity index (χ4v) is 1.70. The number of benzene rings is 1. The molecule has 0 fully saturated rings. The van der Waals surface area contributed by atoms with E-state index >= 15 is 0 Å². The Labute approximate surface area is 109 Å². The summed E-state index contributed by atoms with van der Waals surface area (Å²) in [5.74, 6) is 0. The minimum absolute atomic E-state index is 0.253. The second kappa shape index (κ2) is 8.03. The first kappa shape index (κ1) is 14.9. The van der Waals surface area contributed by atoms with Gasteiger partial charge in [-0.15, -0.1) is 6.58 Å². The molecule has 0 aliphatic rings. The lowest BCUT2D eigenvalue weighted by Gasteiger charge is -2.29. The lowest BCUT2D eigenvalue weighted by Crippen LogP contribution is -2.27. The number of rotatable bonds is 9. The third-order valence-electron chi connectivity index (χ3n) is 2.81. The first-order valence-electron chi connectivity index (χ1n) is 6.10. The predicted octanol–water partition coefficient (Wildman–Crippen LogP) is 3.12. The molecule has 1 aromatic carbocycles. The van der Waals surface area contributed by atoms with Crippen LogP contribution in [-0.4, -0.2) is 27.1 Å². The lowest BCUT2D eigenvalue weighted by atomic mass is 9.92. The van der Waals surface area contributed by atoms with Crippen molar-refractivity contribution in [2.75, 3.05) is 27.1 Å².